The maximum absolute atomic E-state index is 10.7. The third-order valence-corrected chi connectivity index (χ3v) is 1.61. The molecule has 0 fully saturated rings. The first kappa shape index (κ1) is 10.9. The van der Waals surface area contributed by atoms with Gasteiger partial charge in [-0.3, -0.25) is 9.78 Å². The molecule has 0 saturated carbocycles. The minimum absolute atomic E-state index is 0. The van der Waals surface area contributed by atoms with Gasteiger partial charge in [-0.15, -0.1) is 12.4 Å². The molecule has 3 nitrogen and oxygen atoms in total. The summed E-state index contributed by atoms with van der Waals surface area (Å²) in [6, 6.07) is 3.62. The van der Waals surface area contributed by atoms with E-state index in [1.165, 1.54) is 0 Å². The summed E-state index contributed by atoms with van der Waals surface area (Å²) in [5.74, 6) is -0.568. The highest BCUT2D eigenvalue weighted by Crippen LogP contribution is 2.11. The lowest BCUT2D eigenvalue weighted by Crippen LogP contribution is -2.18. The van der Waals surface area contributed by atoms with Crippen LogP contribution in [0.25, 0.3) is 0 Å². The van der Waals surface area contributed by atoms with Crippen molar-refractivity contribution >= 4 is 18.3 Å². The fraction of sp³-hybridized carbons (Fsp3) is 0.250. The zero-order chi connectivity index (χ0) is 8.27. The molecule has 66 valence electrons. The number of amides is 1. The number of nitrogens with zero attached hydrogens (tertiary/aromatic N) is 1. The molecule has 0 bridgehead atoms. The Kier molecular flexibility index (Phi) is 4.29. The number of hydrogen-bond donors (Lipinski definition) is 1. The van der Waals surface area contributed by atoms with E-state index < -0.39 is 0 Å². The summed E-state index contributed by atoms with van der Waals surface area (Å²) >= 11 is 0. The molecule has 0 aliphatic rings. The highest BCUT2D eigenvalue weighted by atomic mass is 35.5. The van der Waals surface area contributed by atoms with Crippen LogP contribution in [0.15, 0.2) is 24.5 Å². The maximum Gasteiger partial charge on any atom is 0.224 e. The molecular weight excluding hydrogens is 176 g/mol. The van der Waals surface area contributed by atoms with E-state index in [0.29, 0.717) is 0 Å². The van der Waals surface area contributed by atoms with Crippen molar-refractivity contribution in [3.8, 4) is 0 Å². The van der Waals surface area contributed by atoms with Crippen LogP contribution < -0.4 is 5.73 Å². The zero-order valence-corrected chi connectivity index (χ0v) is 7.54. The first-order chi connectivity index (χ1) is 5.22. The number of carbonyl (C=O) groups is 1. The third kappa shape index (κ3) is 2.51. The Bertz CT molecular complexity index is 250. The van der Waals surface area contributed by atoms with Crippen LogP contribution in [-0.2, 0) is 4.79 Å². The molecule has 4 heteroatoms. The van der Waals surface area contributed by atoms with E-state index in [1.54, 1.807) is 25.4 Å². The predicted octanol–water partition coefficient (Wildman–Crippen LogP) is 1.09. The van der Waals surface area contributed by atoms with Crippen molar-refractivity contribution in [1.82, 2.24) is 4.98 Å². The van der Waals surface area contributed by atoms with Gasteiger partial charge in [-0.25, -0.2) is 0 Å². The smallest absolute Gasteiger partial charge is 0.224 e. The van der Waals surface area contributed by atoms with Crippen molar-refractivity contribution in [3.63, 3.8) is 0 Å². The molecule has 0 radical (unpaired) electrons. The maximum atomic E-state index is 10.7. The van der Waals surface area contributed by atoms with Crippen molar-refractivity contribution in [1.29, 1.82) is 0 Å². The zero-order valence-electron chi connectivity index (χ0n) is 6.73. The van der Waals surface area contributed by atoms with Crippen molar-refractivity contribution < 1.29 is 4.79 Å². The van der Waals surface area contributed by atoms with Crippen molar-refractivity contribution in [2.24, 2.45) is 5.73 Å². The average molecular weight is 187 g/mol. The monoisotopic (exact) mass is 186 g/mol. The molecule has 2 N–H and O–H groups in total. The minimum atomic E-state index is -0.321. The molecule has 1 heterocycles. The van der Waals surface area contributed by atoms with Gasteiger partial charge in [0.2, 0.25) is 5.91 Å². The van der Waals surface area contributed by atoms with Gasteiger partial charge in [0.15, 0.2) is 0 Å². The molecule has 1 aromatic rings. The van der Waals surface area contributed by atoms with Gasteiger partial charge in [0.25, 0.3) is 0 Å². The van der Waals surface area contributed by atoms with Crippen molar-refractivity contribution in [2.75, 3.05) is 0 Å². The van der Waals surface area contributed by atoms with E-state index in [4.69, 9.17) is 5.73 Å². The van der Waals surface area contributed by atoms with E-state index in [9.17, 15) is 4.79 Å². The second-order valence-corrected chi connectivity index (χ2v) is 2.41. The van der Waals surface area contributed by atoms with Crippen molar-refractivity contribution in [2.45, 2.75) is 12.8 Å². The molecule has 0 aliphatic heterocycles. The van der Waals surface area contributed by atoms with E-state index in [-0.39, 0.29) is 24.2 Å². The number of pyridine rings is 1. The first-order valence-corrected chi connectivity index (χ1v) is 3.41. The standard InChI is InChI=1S/C8H10N2O.ClH/c1-6(8(9)11)7-3-2-4-10-5-7;/h2-6H,1H3,(H2,9,11);1H. The molecule has 1 unspecified atom stereocenters. The van der Waals surface area contributed by atoms with Gasteiger partial charge in [-0.05, 0) is 18.6 Å². The van der Waals surface area contributed by atoms with Gasteiger partial charge in [0.05, 0.1) is 5.92 Å². The fourth-order valence-corrected chi connectivity index (χ4v) is 0.796. The number of carbonyl (C=O) groups excluding carboxylic acids is 1. The second-order valence-electron chi connectivity index (χ2n) is 2.41. The molecule has 12 heavy (non-hydrogen) atoms. The number of rotatable bonds is 2. The number of aromatic nitrogens is 1. The topological polar surface area (TPSA) is 56.0 Å². The van der Waals surface area contributed by atoms with Crippen LogP contribution in [0.2, 0.25) is 0 Å². The van der Waals surface area contributed by atoms with Crippen LogP contribution in [0.1, 0.15) is 18.4 Å². The second kappa shape index (κ2) is 4.72. The predicted molar refractivity (Wildman–Crippen MR) is 49.1 cm³/mol. The molecule has 1 aromatic heterocycles. The highest BCUT2D eigenvalue weighted by Gasteiger charge is 2.09. The Labute approximate surface area is 77.4 Å². The number of primary amides is 1. The Morgan fingerprint density at radius 1 is 1.67 bits per heavy atom. The normalized spacial score (nSPS) is 11.4. The van der Waals surface area contributed by atoms with Crippen LogP contribution in [-0.4, -0.2) is 10.9 Å². The number of hydrogen-bond acceptors (Lipinski definition) is 2. The van der Waals surface area contributed by atoms with Crippen LogP contribution in [0.4, 0.5) is 0 Å². The Morgan fingerprint density at radius 2 is 2.33 bits per heavy atom. The number of halogens is 1. The lowest BCUT2D eigenvalue weighted by molar-refractivity contribution is -0.119. The Morgan fingerprint density at radius 3 is 2.75 bits per heavy atom. The minimum Gasteiger partial charge on any atom is -0.369 e. The summed E-state index contributed by atoms with van der Waals surface area (Å²) in [4.78, 5) is 14.6. The summed E-state index contributed by atoms with van der Waals surface area (Å²) < 4.78 is 0. The molecule has 1 amide bonds. The van der Waals surface area contributed by atoms with E-state index >= 15 is 0 Å². The highest BCUT2D eigenvalue weighted by molar-refractivity contribution is 5.85. The van der Waals surface area contributed by atoms with Gasteiger partial charge >= 0.3 is 0 Å². The van der Waals surface area contributed by atoms with Gasteiger partial charge < -0.3 is 5.73 Å². The van der Waals surface area contributed by atoms with E-state index in [0.717, 1.165) is 5.56 Å². The fourth-order valence-electron chi connectivity index (χ4n) is 0.796. The third-order valence-electron chi connectivity index (χ3n) is 1.61. The van der Waals surface area contributed by atoms with Gasteiger partial charge in [0.1, 0.15) is 0 Å². The van der Waals surface area contributed by atoms with Gasteiger partial charge in [-0.2, -0.15) is 0 Å². The molecular formula is C8H11ClN2O. The van der Waals surface area contributed by atoms with Crippen LogP contribution in [0.3, 0.4) is 0 Å². The first-order valence-electron chi connectivity index (χ1n) is 3.41. The lowest BCUT2D eigenvalue weighted by atomic mass is 10.0. The van der Waals surface area contributed by atoms with Crippen molar-refractivity contribution in [3.05, 3.63) is 30.1 Å². The van der Waals surface area contributed by atoms with Gasteiger partial charge in [-0.1, -0.05) is 6.07 Å². The average Bonchev–Trinajstić information content (AvgIpc) is 2.05. The Hall–Kier alpha value is -1.09. The quantitative estimate of drug-likeness (QED) is 0.752. The molecule has 0 aromatic carbocycles. The summed E-state index contributed by atoms with van der Waals surface area (Å²) in [6.07, 6.45) is 3.31. The van der Waals surface area contributed by atoms with E-state index in [1.807, 2.05) is 6.07 Å². The van der Waals surface area contributed by atoms with Crippen LogP contribution in [0, 0.1) is 0 Å². The summed E-state index contributed by atoms with van der Waals surface area (Å²) in [7, 11) is 0. The van der Waals surface area contributed by atoms with Crippen LogP contribution in [0.5, 0.6) is 0 Å². The summed E-state index contributed by atoms with van der Waals surface area (Å²) in [5.41, 5.74) is 5.96. The molecule has 0 aliphatic carbocycles. The molecule has 1 atom stereocenters. The molecule has 0 saturated heterocycles. The molecule has 0 spiro atoms. The summed E-state index contributed by atoms with van der Waals surface area (Å²) in [6.45, 7) is 1.76. The van der Waals surface area contributed by atoms with E-state index in [2.05, 4.69) is 4.98 Å². The van der Waals surface area contributed by atoms with Crippen LogP contribution >= 0.6 is 12.4 Å². The Balaban J connectivity index is 0.00000121. The number of nitrogens with two attached hydrogens (primary N) is 1. The lowest BCUT2D eigenvalue weighted by Gasteiger charge is -2.04. The molecule has 1 rings (SSSR count). The largest absolute Gasteiger partial charge is 0.369 e. The summed E-state index contributed by atoms with van der Waals surface area (Å²) in [5, 5.41) is 0. The van der Waals surface area contributed by atoms with Gasteiger partial charge in [0, 0.05) is 12.4 Å². The SMILES string of the molecule is CC(C(N)=O)c1cccnc1.Cl.